The number of anilines is 1. The maximum absolute atomic E-state index is 14.3. The fraction of sp³-hybridized carbons (Fsp3) is 0.174. The highest BCUT2D eigenvalue weighted by atomic mass is 19.1. The normalized spacial score (nSPS) is 11.5. The first-order valence-electron chi connectivity index (χ1n) is 10.0. The molecule has 7 nitrogen and oxygen atoms in total. The summed E-state index contributed by atoms with van der Waals surface area (Å²) in [5.74, 6) is 0.446. The molecule has 0 atom stereocenters. The van der Waals surface area contributed by atoms with Crippen LogP contribution in [-0.2, 0) is 13.5 Å². The van der Waals surface area contributed by atoms with E-state index in [1.54, 1.807) is 23.1 Å². The van der Waals surface area contributed by atoms with Crippen molar-refractivity contribution in [2.45, 2.75) is 13.3 Å². The van der Waals surface area contributed by atoms with E-state index < -0.39 is 0 Å². The van der Waals surface area contributed by atoms with Gasteiger partial charge in [0.05, 0.1) is 23.8 Å². The Bertz CT molecular complexity index is 1420. The van der Waals surface area contributed by atoms with Gasteiger partial charge < -0.3 is 10.3 Å². The summed E-state index contributed by atoms with van der Waals surface area (Å²) >= 11 is 0. The predicted molar refractivity (Wildman–Crippen MR) is 120 cm³/mol. The second kappa shape index (κ2) is 7.39. The van der Waals surface area contributed by atoms with E-state index in [2.05, 4.69) is 27.0 Å². The van der Waals surface area contributed by atoms with Crippen molar-refractivity contribution in [3.8, 4) is 11.3 Å². The fourth-order valence-corrected chi connectivity index (χ4v) is 3.84. The Kier molecular flexibility index (Phi) is 4.54. The largest absolute Gasteiger partial charge is 0.367 e. The zero-order valence-corrected chi connectivity index (χ0v) is 17.4. The van der Waals surface area contributed by atoms with Crippen LogP contribution in [0.15, 0.2) is 55.8 Å². The van der Waals surface area contributed by atoms with Gasteiger partial charge in [0.25, 0.3) is 0 Å². The summed E-state index contributed by atoms with van der Waals surface area (Å²) in [6.45, 7) is 6.59. The highest BCUT2D eigenvalue weighted by Gasteiger charge is 2.14. The van der Waals surface area contributed by atoms with Gasteiger partial charge in [-0.1, -0.05) is 12.6 Å². The minimum atomic E-state index is -0.216. The number of aryl methyl sites for hydroxylation is 1. The maximum Gasteiger partial charge on any atom is 0.180 e. The van der Waals surface area contributed by atoms with Crippen molar-refractivity contribution in [3.05, 3.63) is 72.8 Å². The van der Waals surface area contributed by atoms with Crippen molar-refractivity contribution >= 4 is 27.9 Å². The molecule has 2 N–H and O–H groups in total. The number of fused-ring (bicyclic) bond motifs is 2. The Balaban J connectivity index is 1.49. The maximum atomic E-state index is 14.3. The van der Waals surface area contributed by atoms with E-state index in [4.69, 9.17) is 4.98 Å². The number of nitrogens with one attached hydrogen (secondary N) is 2. The number of hydrogen-bond acceptors (Lipinski definition) is 4. The number of nitrogens with zero attached hydrogens (tertiary/aromatic N) is 5. The molecule has 8 heteroatoms. The standard InChI is InChI=1S/C23H22FN7/c1-14(2)20-11-27-23-22(29-19(13-31(20)23)16-10-28-30(3)12-16)25-8-7-15-9-26-18-6-4-5-17(24)21(15)18/h4-6,9-13,26H,1,7-8H2,2-3H3,(H,25,29). The number of aromatic nitrogens is 6. The van der Waals surface area contributed by atoms with Crippen molar-refractivity contribution in [2.24, 2.45) is 7.05 Å². The molecular weight excluding hydrogens is 393 g/mol. The summed E-state index contributed by atoms with van der Waals surface area (Å²) in [7, 11) is 1.87. The first-order chi connectivity index (χ1) is 15.0. The molecule has 1 aromatic carbocycles. The van der Waals surface area contributed by atoms with Gasteiger partial charge in [-0.25, -0.2) is 14.4 Å². The average molecular weight is 415 g/mol. The van der Waals surface area contributed by atoms with E-state index in [-0.39, 0.29) is 5.82 Å². The summed E-state index contributed by atoms with van der Waals surface area (Å²) in [4.78, 5) is 12.5. The van der Waals surface area contributed by atoms with Crippen LogP contribution >= 0.6 is 0 Å². The first-order valence-corrected chi connectivity index (χ1v) is 10.0. The lowest BCUT2D eigenvalue weighted by molar-refractivity contribution is 0.639. The highest BCUT2D eigenvalue weighted by Crippen LogP contribution is 2.26. The van der Waals surface area contributed by atoms with Gasteiger partial charge in [-0.3, -0.25) is 9.08 Å². The summed E-state index contributed by atoms with van der Waals surface area (Å²) < 4.78 is 18.0. The highest BCUT2D eigenvalue weighted by molar-refractivity contribution is 5.84. The molecule has 0 saturated carbocycles. The molecule has 4 heterocycles. The first kappa shape index (κ1) is 19.0. The van der Waals surface area contributed by atoms with E-state index in [0.29, 0.717) is 24.2 Å². The fourth-order valence-electron chi connectivity index (χ4n) is 3.84. The molecule has 0 radical (unpaired) electrons. The molecule has 0 aliphatic carbocycles. The van der Waals surface area contributed by atoms with Crippen molar-refractivity contribution in [1.29, 1.82) is 0 Å². The number of rotatable bonds is 6. The lowest BCUT2D eigenvalue weighted by Gasteiger charge is -2.10. The van der Waals surface area contributed by atoms with Crippen LogP contribution in [0.4, 0.5) is 10.2 Å². The summed E-state index contributed by atoms with van der Waals surface area (Å²) in [5.41, 5.74) is 5.96. The zero-order chi connectivity index (χ0) is 21.5. The predicted octanol–water partition coefficient (Wildman–Crippen LogP) is 4.44. The molecule has 0 aliphatic heterocycles. The van der Waals surface area contributed by atoms with Gasteiger partial charge in [-0.05, 0) is 36.6 Å². The molecule has 5 rings (SSSR count). The van der Waals surface area contributed by atoms with Crippen LogP contribution in [0.5, 0.6) is 0 Å². The monoisotopic (exact) mass is 415 g/mol. The van der Waals surface area contributed by atoms with Crippen molar-refractivity contribution in [1.82, 2.24) is 29.1 Å². The van der Waals surface area contributed by atoms with Gasteiger partial charge in [0.2, 0.25) is 0 Å². The molecule has 0 saturated heterocycles. The molecule has 0 spiro atoms. The smallest absolute Gasteiger partial charge is 0.180 e. The molecule has 4 aromatic heterocycles. The molecule has 0 aliphatic rings. The van der Waals surface area contributed by atoms with Crippen molar-refractivity contribution in [2.75, 3.05) is 11.9 Å². The van der Waals surface area contributed by atoms with Gasteiger partial charge >= 0.3 is 0 Å². The van der Waals surface area contributed by atoms with Gasteiger partial charge in [0.1, 0.15) is 5.82 Å². The number of H-pyrrole nitrogens is 1. The van der Waals surface area contributed by atoms with Crippen LogP contribution in [0.25, 0.3) is 33.4 Å². The minimum absolute atomic E-state index is 0.216. The van der Waals surface area contributed by atoms with Gasteiger partial charge in [0.15, 0.2) is 11.5 Å². The molecular formula is C23H22FN7. The molecule has 0 fully saturated rings. The number of benzene rings is 1. The van der Waals surface area contributed by atoms with Crippen LogP contribution in [-0.4, -0.2) is 35.7 Å². The summed E-state index contributed by atoms with van der Waals surface area (Å²) in [6.07, 6.45) is 9.95. The number of aromatic amines is 1. The van der Waals surface area contributed by atoms with Crippen LogP contribution in [0.2, 0.25) is 0 Å². The van der Waals surface area contributed by atoms with E-state index in [1.165, 1.54) is 6.07 Å². The minimum Gasteiger partial charge on any atom is -0.367 e. The van der Waals surface area contributed by atoms with Crippen molar-refractivity contribution in [3.63, 3.8) is 0 Å². The zero-order valence-electron chi connectivity index (χ0n) is 17.4. The van der Waals surface area contributed by atoms with Crippen LogP contribution in [0.3, 0.4) is 0 Å². The average Bonchev–Trinajstić information content (AvgIpc) is 3.46. The van der Waals surface area contributed by atoms with E-state index in [1.807, 2.05) is 43.0 Å². The van der Waals surface area contributed by atoms with Gasteiger partial charge in [-0.2, -0.15) is 5.10 Å². The molecule has 0 unspecified atom stereocenters. The third kappa shape index (κ3) is 3.35. The Labute approximate surface area is 178 Å². The van der Waals surface area contributed by atoms with Crippen LogP contribution in [0.1, 0.15) is 18.2 Å². The van der Waals surface area contributed by atoms with E-state index >= 15 is 0 Å². The number of allylic oxidation sites excluding steroid dienone is 1. The van der Waals surface area contributed by atoms with Gasteiger partial charge in [0, 0.05) is 48.6 Å². The number of imidazole rings is 1. The third-order valence-electron chi connectivity index (χ3n) is 5.35. The lowest BCUT2D eigenvalue weighted by Crippen LogP contribution is -2.09. The second-order valence-corrected chi connectivity index (χ2v) is 7.65. The lowest BCUT2D eigenvalue weighted by atomic mass is 10.1. The second-order valence-electron chi connectivity index (χ2n) is 7.65. The summed E-state index contributed by atoms with van der Waals surface area (Å²) in [6, 6.07) is 5.07. The number of hydrogen-bond donors (Lipinski definition) is 2. The molecule has 31 heavy (non-hydrogen) atoms. The van der Waals surface area contributed by atoms with E-state index in [0.717, 1.165) is 39.3 Å². The van der Waals surface area contributed by atoms with E-state index in [9.17, 15) is 4.39 Å². The summed E-state index contributed by atoms with van der Waals surface area (Å²) in [5, 5.41) is 8.28. The van der Waals surface area contributed by atoms with Crippen LogP contribution < -0.4 is 5.32 Å². The SMILES string of the molecule is C=C(C)c1cnc2c(NCCc3c[nH]c4cccc(F)c34)nc(-c3cnn(C)c3)cn12. The number of halogens is 1. The molecule has 5 aromatic rings. The quantitative estimate of drug-likeness (QED) is 0.430. The Hall–Kier alpha value is -3.94. The Morgan fingerprint density at radius 2 is 2.13 bits per heavy atom. The molecule has 0 amide bonds. The third-order valence-corrected chi connectivity index (χ3v) is 5.35. The van der Waals surface area contributed by atoms with Gasteiger partial charge in [-0.15, -0.1) is 0 Å². The Morgan fingerprint density at radius 1 is 1.26 bits per heavy atom. The van der Waals surface area contributed by atoms with Crippen LogP contribution in [0, 0.1) is 5.82 Å². The molecule has 156 valence electrons. The Morgan fingerprint density at radius 3 is 2.90 bits per heavy atom. The van der Waals surface area contributed by atoms with Crippen molar-refractivity contribution < 1.29 is 4.39 Å². The topological polar surface area (TPSA) is 75.8 Å². The molecule has 0 bridgehead atoms.